The standard InChI is InChI=1S/C9H14O/c1-6-4-7(2)9(5-6)8(3)10/h5-7H,4H2,1-3H3/t6-,7+/m1/s1. The van der Waals surface area contributed by atoms with Crippen molar-refractivity contribution in [2.24, 2.45) is 11.8 Å². The van der Waals surface area contributed by atoms with E-state index in [4.69, 9.17) is 0 Å². The summed E-state index contributed by atoms with van der Waals surface area (Å²) >= 11 is 0. The van der Waals surface area contributed by atoms with Crippen molar-refractivity contribution < 1.29 is 4.79 Å². The Morgan fingerprint density at radius 3 is 2.40 bits per heavy atom. The second-order valence-corrected chi connectivity index (χ2v) is 3.29. The van der Waals surface area contributed by atoms with Crippen molar-refractivity contribution in [1.82, 2.24) is 0 Å². The topological polar surface area (TPSA) is 17.1 Å². The average Bonchev–Trinajstić information content (AvgIpc) is 2.10. The van der Waals surface area contributed by atoms with Crippen molar-refractivity contribution in [2.45, 2.75) is 27.2 Å². The van der Waals surface area contributed by atoms with Gasteiger partial charge in [-0.05, 0) is 30.8 Å². The molecule has 0 saturated carbocycles. The fourth-order valence-corrected chi connectivity index (χ4v) is 1.69. The molecule has 2 atom stereocenters. The molecule has 1 heteroatoms. The van der Waals surface area contributed by atoms with Gasteiger partial charge >= 0.3 is 0 Å². The molecular formula is C9H14O. The van der Waals surface area contributed by atoms with Crippen LogP contribution in [0.4, 0.5) is 0 Å². The minimum atomic E-state index is 0.247. The lowest BCUT2D eigenvalue weighted by atomic mass is 10.0. The van der Waals surface area contributed by atoms with E-state index in [-0.39, 0.29) is 5.78 Å². The molecule has 1 nitrogen and oxygen atoms in total. The molecule has 0 N–H and O–H groups in total. The van der Waals surface area contributed by atoms with Crippen LogP contribution in [0.3, 0.4) is 0 Å². The molecule has 0 fully saturated rings. The number of hydrogen-bond acceptors (Lipinski definition) is 1. The van der Waals surface area contributed by atoms with Crippen LogP contribution >= 0.6 is 0 Å². The highest BCUT2D eigenvalue weighted by Gasteiger charge is 2.21. The predicted octanol–water partition coefficient (Wildman–Crippen LogP) is 2.18. The first-order valence-corrected chi connectivity index (χ1v) is 3.84. The van der Waals surface area contributed by atoms with Crippen molar-refractivity contribution in [3.05, 3.63) is 11.6 Å². The molecule has 0 spiro atoms. The second-order valence-electron chi connectivity index (χ2n) is 3.29. The van der Waals surface area contributed by atoms with E-state index >= 15 is 0 Å². The van der Waals surface area contributed by atoms with E-state index in [0.29, 0.717) is 11.8 Å². The summed E-state index contributed by atoms with van der Waals surface area (Å²) in [4.78, 5) is 10.9. The normalized spacial score (nSPS) is 32.1. The number of Topliss-reactive ketones (excluding diaryl/α,β-unsaturated/α-hetero) is 1. The fourth-order valence-electron chi connectivity index (χ4n) is 1.69. The maximum absolute atomic E-state index is 10.9. The van der Waals surface area contributed by atoms with Gasteiger partial charge in [-0.15, -0.1) is 0 Å². The molecule has 0 aliphatic heterocycles. The first kappa shape index (κ1) is 7.52. The Morgan fingerprint density at radius 2 is 2.20 bits per heavy atom. The SMILES string of the molecule is CC(=O)C1=C[C@H](C)C[C@@H]1C. The molecule has 0 heterocycles. The molecule has 0 aromatic carbocycles. The third kappa shape index (κ3) is 1.28. The van der Waals surface area contributed by atoms with Crippen molar-refractivity contribution in [2.75, 3.05) is 0 Å². The largest absolute Gasteiger partial charge is 0.295 e. The predicted molar refractivity (Wildman–Crippen MR) is 41.7 cm³/mol. The fraction of sp³-hybridized carbons (Fsp3) is 0.667. The van der Waals surface area contributed by atoms with Gasteiger partial charge in [-0.1, -0.05) is 19.9 Å². The molecule has 10 heavy (non-hydrogen) atoms. The van der Waals surface area contributed by atoms with Gasteiger partial charge in [-0.2, -0.15) is 0 Å². The molecule has 0 radical (unpaired) electrons. The molecule has 1 rings (SSSR count). The summed E-state index contributed by atoms with van der Waals surface area (Å²) in [7, 11) is 0. The summed E-state index contributed by atoms with van der Waals surface area (Å²) in [5, 5.41) is 0. The molecule has 0 aromatic rings. The molecule has 0 unspecified atom stereocenters. The first-order valence-electron chi connectivity index (χ1n) is 3.84. The summed E-state index contributed by atoms with van der Waals surface area (Å²) in [6.45, 7) is 5.93. The van der Waals surface area contributed by atoms with Gasteiger partial charge in [0.05, 0.1) is 0 Å². The summed E-state index contributed by atoms with van der Waals surface area (Å²) in [5.74, 6) is 1.35. The molecular weight excluding hydrogens is 124 g/mol. The van der Waals surface area contributed by atoms with Crippen LogP contribution in [-0.4, -0.2) is 5.78 Å². The van der Waals surface area contributed by atoms with Gasteiger partial charge < -0.3 is 0 Å². The van der Waals surface area contributed by atoms with Gasteiger partial charge in [0.15, 0.2) is 5.78 Å². The maximum Gasteiger partial charge on any atom is 0.155 e. The van der Waals surface area contributed by atoms with E-state index in [0.717, 1.165) is 12.0 Å². The van der Waals surface area contributed by atoms with E-state index < -0.39 is 0 Å². The van der Waals surface area contributed by atoms with Gasteiger partial charge in [-0.25, -0.2) is 0 Å². The number of carbonyl (C=O) groups is 1. The number of ketones is 1. The van der Waals surface area contributed by atoms with Crippen LogP contribution in [0.5, 0.6) is 0 Å². The molecule has 1 aliphatic rings. The molecule has 0 saturated heterocycles. The Morgan fingerprint density at radius 1 is 1.60 bits per heavy atom. The van der Waals surface area contributed by atoms with Crippen LogP contribution in [0.15, 0.2) is 11.6 Å². The second kappa shape index (κ2) is 2.57. The molecule has 0 amide bonds. The zero-order valence-electron chi connectivity index (χ0n) is 6.85. The Labute approximate surface area is 62.1 Å². The number of hydrogen-bond donors (Lipinski definition) is 0. The van der Waals surface area contributed by atoms with E-state index in [1.165, 1.54) is 0 Å². The Kier molecular flexibility index (Phi) is 1.93. The van der Waals surface area contributed by atoms with Crippen molar-refractivity contribution in [3.63, 3.8) is 0 Å². The van der Waals surface area contributed by atoms with Crippen molar-refractivity contribution >= 4 is 5.78 Å². The van der Waals surface area contributed by atoms with Crippen LogP contribution < -0.4 is 0 Å². The smallest absolute Gasteiger partial charge is 0.155 e. The van der Waals surface area contributed by atoms with Crippen molar-refractivity contribution in [3.8, 4) is 0 Å². The lowest BCUT2D eigenvalue weighted by molar-refractivity contribution is -0.114. The number of rotatable bonds is 1. The van der Waals surface area contributed by atoms with Gasteiger partial charge in [0.2, 0.25) is 0 Å². The summed E-state index contributed by atoms with van der Waals surface area (Å²) in [5.41, 5.74) is 1.03. The first-order chi connectivity index (χ1) is 4.61. The van der Waals surface area contributed by atoms with Crippen LogP contribution in [0.1, 0.15) is 27.2 Å². The zero-order valence-corrected chi connectivity index (χ0v) is 6.85. The van der Waals surface area contributed by atoms with Gasteiger partial charge in [0.25, 0.3) is 0 Å². The van der Waals surface area contributed by atoms with Crippen LogP contribution in [0.2, 0.25) is 0 Å². The quantitative estimate of drug-likeness (QED) is 0.542. The number of carbonyl (C=O) groups excluding carboxylic acids is 1. The molecule has 56 valence electrons. The van der Waals surface area contributed by atoms with Gasteiger partial charge in [-0.3, -0.25) is 4.79 Å². The molecule has 0 aromatic heterocycles. The van der Waals surface area contributed by atoms with Gasteiger partial charge in [0.1, 0.15) is 0 Å². The highest BCUT2D eigenvalue weighted by molar-refractivity contribution is 5.94. The minimum Gasteiger partial charge on any atom is -0.295 e. The van der Waals surface area contributed by atoms with E-state index in [1.807, 2.05) is 0 Å². The van der Waals surface area contributed by atoms with Crippen LogP contribution in [-0.2, 0) is 4.79 Å². The molecule has 0 bridgehead atoms. The lowest BCUT2D eigenvalue weighted by Crippen LogP contribution is -2.01. The minimum absolute atomic E-state index is 0.247. The Bertz CT molecular complexity index is 179. The number of allylic oxidation sites excluding steroid dienone is 2. The van der Waals surface area contributed by atoms with Crippen LogP contribution in [0, 0.1) is 11.8 Å². The Hall–Kier alpha value is -0.590. The highest BCUT2D eigenvalue weighted by Crippen LogP contribution is 2.29. The van der Waals surface area contributed by atoms with Gasteiger partial charge in [0, 0.05) is 0 Å². The zero-order chi connectivity index (χ0) is 7.72. The highest BCUT2D eigenvalue weighted by atomic mass is 16.1. The lowest BCUT2D eigenvalue weighted by Gasteiger charge is -2.03. The average molecular weight is 138 g/mol. The third-order valence-corrected chi connectivity index (χ3v) is 2.13. The summed E-state index contributed by atoms with van der Waals surface area (Å²) in [6, 6.07) is 0. The summed E-state index contributed by atoms with van der Waals surface area (Å²) in [6.07, 6.45) is 3.25. The Balaban J connectivity index is 2.75. The molecule has 1 aliphatic carbocycles. The summed E-state index contributed by atoms with van der Waals surface area (Å²) < 4.78 is 0. The maximum atomic E-state index is 10.9. The monoisotopic (exact) mass is 138 g/mol. The van der Waals surface area contributed by atoms with Crippen LogP contribution in [0.25, 0.3) is 0 Å². The van der Waals surface area contributed by atoms with E-state index in [1.54, 1.807) is 6.92 Å². The van der Waals surface area contributed by atoms with E-state index in [2.05, 4.69) is 19.9 Å². The van der Waals surface area contributed by atoms with E-state index in [9.17, 15) is 4.79 Å². The van der Waals surface area contributed by atoms with Crippen molar-refractivity contribution in [1.29, 1.82) is 0 Å². The third-order valence-electron chi connectivity index (χ3n) is 2.13.